The summed E-state index contributed by atoms with van der Waals surface area (Å²) in [4.78, 5) is 47.6. The van der Waals surface area contributed by atoms with Gasteiger partial charge in [0.2, 0.25) is 0 Å². The highest BCUT2D eigenvalue weighted by Crippen LogP contribution is 2.33. The molecule has 1 aromatic heterocycles. The fraction of sp³-hybridized carbons (Fsp3) is 0.364. The summed E-state index contributed by atoms with van der Waals surface area (Å²) in [6.45, 7) is 4.99. The molecule has 156 valence electrons. The van der Waals surface area contributed by atoms with Gasteiger partial charge in [-0.2, -0.15) is 0 Å². The molecule has 2 aliphatic rings. The van der Waals surface area contributed by atoms with E-state index in [2.05, 4.69) is 10.3 Å². The lowest BCUT2D eigenvalue weighted by Crippen LogP contribution is -2.47. The van der Waals surface area contributed by atoms with Gasteiger partial charge in [0.05, 0.1) is 12.2 Å². The first kappa shape index (κ1) is 19.9. The normalized spacial score (nSPS) is 21.5. The molecule has 0 spiro atoms. The molecule has 1 N–H and O–H groups in total. The number of rotatable bonds is 3. The fourth-order valence-electron chi connectivity index (χ4n) is 3.95. The largest absolute Gasteiger partial charge is 0.328 e. The van der Waals surface area contributed by atoms with E-state index in [0.29, 0.717) is 31.7 Å². The summed E-state index contributed by atoms with van der Waals surface area (Å²) in [5.74, 6) is -0.237. The molecule has 2 aromatic rings. The predicted octanol–water partition coefficient (Wildman–Crippen LogP) is 2.85. The number of hydrogen-bond donors (Lipinski definition) is 1. The van der Waals surface area contributed by atoms with Crippen LogP contribution in [0.1, 0.15) is 24.6 Å². The zero-order chi connectivity index (χ0) is 21.3. The van der Waals surface area contributed by atoms with Crippen molar-refractivity contribution in [2.24, 2.45) is 0 Å². The van der Waals surface area contributed by atoms with Crippen molar-refractivity contribution in [3.63, 3.8) is 0 Å². The van der Waals surface area contributed by atoms with Gasteiger partial charge in [0, 0.05) is 31.5 Å². The minimum absolute atomic E-state index is 0.155. The number of carbonyl (C=O) groups excluding carboxylic acids is 3. The van der Waals surface area contributed by atoms with Crippen LogP contribution >= 0.6 is 0 Å². The van der Waals surface area contributed by atoms with Gasteiger partial charge < -0.3 is 15.1 Å². The number of benzene rings is 1. The summed E-state index contributed by atoms with van der Waals surface area (Å²) in [5.41, 5.74) is 1.54. The minimum atomic E-state index is -0.954. The number of fused-ring (bicyclic) bond motifs is 1. The smallest absolute Gasteiger partial charge is 0.323 e. The van der Waals surface area contributed by atoms with Crippen LogP contribution in [0.3, 0.4) is 0 Å². The molecule has 2 fully saturated rings. The number of hydrogen-bond acceptors (Lipinski definition) is 4. The molecule has 30 heavy (non-hydrogen) atoms. The van der Waals surface area contributed by atoms with Crippen LogP contribution in [0, 0.1) is 6.92 Å². The number of aromatic nitrogens is 1. The van der Waals surface area contributed by atoms with Crippen LogP contribution in [-0.2, 0) is 11.3 Å². The maximum atomic E-state index is 13.1. The van der Waals surface area contributed by atoms with Gasteiger partial charge in [0.15, 0.2) is 0 Å². The van der Waals surface area contributed by atoms with Gasteiger partial charge >= 0.3 is 12.1 Å². The quantitative estimate of drug-likeness (QED) is 0.793. The third-order valence-electron chi connectivity index (χ3n) is 5.86. The zero-order valence-electron chi connectivity index (χ0n) is 17.2. The van der Waals surface area contributed by atoms with E-state index >= 15 is 0 Å². The molecule has 0 radical (unpaired) electrons. The summed E-state index contributed by atoms with van der Waals surface area (Å²) in [7, 11) is 0. The van der Waals surface area contributed by atoms with E-state index in [1.165, 1.54) is 4.90 Å². The molecule has 1 atom stereocenters. The third kappa shape index (κ3) is 3.60. The molecule has 3 heterocycles. The Balaban J connectivity index is 1.45. The van der Waals surface area contributed by atoms with Crippen molar-refractivity contribution in [3.8, 4) is 0 Å². The van der Waals surface area contributed by atoms with Crippen LogP contribution in [0.25, 0.3) is 0 Å². The number of imide groups is 1. The lowest BCUT2D eigenvalue weighted by molar-refractivity contribution is -0.133. The lowest BCUT2D eigenvalue weighted by atomic mass is 9.96. The molecule has 4 rings (SSSR count). The minimum Gasteiger partial charge on any atom is -0.323 e. The standard InChI is InChI=1S/C22H25N5O3/c1-16-6-8-17(9-7-16)24-20(29)25-12-10-22(2)19(28)26(21(30)27(22)14-13-25)15-18-5-3-4-11-23-18/h3-9,11H,10,12-15H2,1-2H3,(H,24,29). The summed E-state index contributed by atoms with van der Waals surface area (Å²) >= 11 is 0. The van der Waals surface area contributed by atoms with Crippen molar-refractivity contribution < 1.29 is 14.4 Å². The van der Waals surface area contributed by atoms with Crippen molar-refractivity contribution in [1.82, 2.24) is 19.7 Å². The second-order valence-electron chi connectivity index (χ2n) is 7.95. The molecule has 1 unspecified atom stereocenters. The number of nitrogens with zero attached hydrogens (tertiary/aromatic N) is 4. The molecular formula is C22H25N5O3. The fourth-order valence-corrected chi connectivity index (χ4v) is 3.95. The van der Waals surface area contributed by atoms with Crippen LogP contribution in [0.5, 0.6) is 0 Å². The van der Waals surface area contributed by atoms with Crippen LogP contribution in [-0.4, -0.2) is 62.8 Å². The maximum absolute atomic E-state index is 13.1. The van der Waals surface area contributed by atoms with Gasteiger partial charge in [0.25, 0.3) is 5.91 Å². The number of urea groups is 2. The van der Waals surface area contributed by atoms with E-state index in [9.17, 15) is 14.4 Å². The SMILES string of the molecule is Cc1ccc(NC(=O)N2CCN3C(=O)N(Cc4ccccn4)C(=O)C3(C)CC2)cc1. The first-order chi connectivity index (χ1) is 14.4. The Morgan fingerprint density at radius 2 is 1.87 bits per heavy atom. The zero-order valence-corrected chi connectivity index (χ0v) is 17.2. The van der Waals surface area contributed by atoms with Crippen molar-refractivity contribution in [3.05, 3.63) is 59.9 Å². The number of aryl methyl sites for hydroxylation is 1. The number of carbonyl (C=O) groups is 3. The molecule has 0 saturated carbocycles. The Morgan fingerprint density at radius 3 is 2.57 bits per heavy atom. The molecule has 0 aliphatic carbocycles. The molecule has 1 aromatic carbocycles. The molecule has 5 amide bonds. The first-order valence-electron chi connectivity index (χ1n) is 10.0. The number of pyridine rings is 1. The summed E-state index contributed by atoms with van der Waals surface area (Å²) in [6, 6.07) is 12.4. The van der Waals surface area contributed by atoms with Crippen LogP contribution in [0.15, 0.2) is 48.7 Å². The Bertz CT molecular complexity index is 962. The van der Waals surface area contributed by atoms with E-state index in [4.69, 9.17) is 0 Å². The Hall–Kier alpha value is -3.42. The molecular weight excluding hydrogens is 382 g/mol. The van der Waals surface area contributed by atoms with Crippen LogP contribution < -0.4 is 5.32 Å². The van der Waals surface area contributed by atoms with E-state index in [1.54, 1.807) is 35.1 Å². The van der Waals surface area contributed by atoms with Crippen molar-refractivity contribution in [1.29, 1.82) is 0 Å². The second-order valence-corrected chi connectivity index (χ2v) is 7.95. The van der Waals surface area contributed by atoms with Crippen molar-refractivity contribution >= 4 is 23.7 Å². The van der Waals surface area contributed by atoms with Gasteiger partial charge in [-0.15, -0.1) is 0 Å². The monoisotopic (exact) mass is 407 g/mol. The molecule has 2 aliphatic heterocycles. The van der Waals surface area contributed by atoms with E-state index in [1.807, 2.05) is 37.3 Å². The lowest BCUT2D eigenvalue weighted by Gasteiger charge is -2.28. The van der Waals surface area contributed by atoms with Gasteiger partial charge in [-0.25, -0.2) is 9.59 Å². The summed E-state index contributed by atoms with van der Waals surface area (Å²) < 4.78 is 0. The number of nitrogens with one attached hydrogen (secondary N) is 1. The number of amides is 5. The Labute approximate surface area is 175 Å². The van der Waals surface area contributed by atoms with Gasteiger partial charge in [-0.3, -0.25) is 14.7 Å². The first-order valence-corrected chi connectivity index (χ1v) is 10.0. The van der Waals surface area contributed by atoms with Crippen molar-refractivity contribution in [2.75, 3.05) is 25.0 Å². The van der Waals surface area contributed by atoms with Crippen LogP contribution in [0.4, 0.5) is 15.3 Å². The third-order valence-corrected chi connectivity index (χ3v) is 5.86. The Kier molecular flexibility index (Phi) is 5.15. The second kappa shape index (κ2) is 7.78. The molecule has 8 heteroatoms. The van der Waals surface area contributed by atoms with Crippen molar-refractivity contribution in [2.45, 2.75) is 32.4 Å². The average Bonchev–Trinajstić information content (AvgIpc) is 2.87. The number of anilines is 1. The Morgan fingerprint density at radius 1 is 1.10 bits per heavy atom. The molecule has 8 nitrogen and oxygen atoms in total. The highest BCUT2D eigenvalue weighted by Gasteiger charge is 2.55. The molecule has 2 saturated heterocycles. The highest BCUT2D eigenvalue weighted by molar-refractivity contribution is 6.06. The van der Waals surface area contributed by atoms with E-state index in [-0.39, 0.29) is 24.5 Å². The average molecular weight is 407 g/mol. The van der Waals surface area contributed by atoms with Gasteiger partial charge in [-0.05, 0) is 44.5 Å². The predicted molar refractivity (Wildman–Crippen MR) is 112 cm³/mol. The summed E-state index contributed by atoms with van der Waals surface area (Å²) in [5, 5.41) is 2.89. The molecule has 0 bridgehead atoms. The topological polar surface area (TPSA) is 85.8 Å². The van der Waals surface area contributed by atoms with Crippen LogP contribution in [0.2, 0.25) is 0 Å². The summed E-state index contributed by atoms with van der Waals surface area (Å²) in [6.07, 6.45) is 2.03. The maximum Gasteiger partial charge on any atom is 0.328 e. The van der Waals surface area contributed by atoms with E-state index in [0.717, 1.165) is 11.3 Å². The highest BCUT2D eigenvalue weighted by atomic mass is 16.2. The van der Waals surface area contributed by atoms with Gasteiger partial charge in [0.1, 0.15) is 5.54 Å². The van der Waals surface area contributed by atoms with E-state index < -0.39 is 5.54 Å². The van der Waals surface area contributed by atoms with Gasteiger partial charge in [-0.1, -0.05) is 23.8 Å².